The summed E-state index contributed by atoms with van der Waals surface area (Å²) in [5.74, 6) is 1.80. The lowest BCUT2D eigenvalue weighted by Crippen LogP contribution is -2.11. The second-order valence-corrected chi connectivity index (χ2v) is 5.94. The summed E-state index contributed by atoms with van der Waals surface area (Å²) >= 11 is 0. The average molecular weight is 250 g/mol. The average Bonchev–Trinajstić information content (AvgIpc) is 2.25. The molecule has 0 fully saturated rings. The van der Waals surface area contributed by atoms with Crippen molar-refractivity contribution in [2.45, 2.75) is 60.8 Å². The molecule has 0 heterocycles. The van der Waals surface area contributed by atoms with Gasteiger partial charge in [-0.3, -0.25) is 4.79 Å². The van der Waals surface area contributed by atoms with Gasteiger partial charge in [0.25, 0.3) is 0 Å². The molecule has 0 aliphatic heterocycles. The first-order chi connectivity index (χ1) is 8.36. The minimum Gasteiger partial charge on any atom is -0.299 e. The van der Waals surface area contributed by atoms with Gasteiger partial charge in [0, 0.05) is 12.3 Å². The molecule has 0 aliphatic carbocycles. The van der Waals surface area contributed by atoms with Gasteiger partial charge < -0.3 is 0 Å². The van der Waals surface area contributed by atoms with Crippen LogP contribution in [-0.2, 0) is 4.79 Å². The molecule has 0 aromatic heterocycles. The molecule has 0 saturated carbocycles. The lowest BCUT2D eigenvalue weighted by molar-refractivity contribution is -0.121. The summed E-state index contributed by atoms with van der Waals surface area (Å²) in [7, 11) is 0. The Bertz CT molecular complexity index is 297. The van der Waals surface area contributed by atoms with E-state index in [0.717, 1.165) is 12.3 Å². The first-order valence-electron chi connectivity index (χ1n) is 7.20. The summed E-state index contributed by atoms with van der Waals surface area (Å²) in [6, 6.07) is 0. The second-order valence-electron chi connectivity index (χ2n) is 5.94. The van der Waals surface area contributed by atoms with E-state index in [4.69, 9.17) is 0 Å². The summed E-state index contributed by atoms with van der Waals surface area (Å²) in [5.41, 5.74) is 1.17. The van der Waals surface area contributed by atoms with Crippen LogP contribution in [0.3, 0.4) is 0 Å². The molecule has 0 radical (unpaired) electrons. The Kier molecular flexibility index (Phi) is 8.70. The van der Waals surface area contributed by atoms with E-state index in [2.05, 4.69) is 26.8 Å². The number of carbonyl (C=O) groups is 1. The Hall–Kier alpha value is -0.850. The van der Waals surface area contributed by atoms with Crippen molar-refractivity contribution >= 4 is 5.78 Å². The summed E-state index contributed by atoms with van der Waals surface area (Å²) in [5, 5.41) is 0. The molecule has 0 saturated heterocycles. The fourth-order valence-corrected chi connectivity index (χ4v) is 2.34. The second kappa shape index (κ2) is 9.13. The number of Topliss-reactive ketones (excluding diaryl/α,β-unsaturated/α-hetero) is 1. The molecule has 0 N–H and O–H groups in total. The Morgan fingerprint density at radius 3 is 2.28 bits per heavy atom. The summed E-state index contributed by atoms with van der Waals surface area (Å²) in [4.78, 5) is 12.0. The lowest BCUT2D eigenvalue weighted by Gasteiger charge is -2.14. The molecule has 1 heteroatoms. The zero-order valence-corrected chi connectivity index (χ0v) is 13.0. The van der Waals surface area contributed by atoms with Crippen LogP contribution < -0.4 is 0 Å². The first kappa shape index (κ1) is 17.2. The summed E-state index contributed by atoms with van der Waals surface area (Å²) < 4.78 is 0. The topological polar surface area (TPSA) is 17.1 Å². The zero-order chi connectivity index (χ0) is 14.1. The maximum Gasteiger partial charge on any atom is 0.139 e. The lowest BCUT2D eigenvalue weighted by atomic mass is 9.91. The van der Waals surface area contributed by atoms with Crippen molar-refractivity contribution in [1.82, 2.24) is 0 Å². The third kappa shape index (κ3) is 8.27. The van der Waals surface area contributed by atoms with Crippen LogP contribution in [0.4, 0.5) is 0 Å². The number of rotatable bonds is 8. The quantitative estimate of drug-likeness (QED) is 0.543. The number of allylic oxidation sites excluding steroid dienone is 4. The van der Waals surface area contributed by atoms with Crippen molar-refractivity contribution in [3.05, 3.63) is 23.8 Å². The highest BCUT2D eigenvalue weighted by atomic mass is 16.1. The fourth-order valence-electron chi connectivity index (χ4n) is 2.34. The molecule has 0 aromatic carbocycles. The normalized spacial score (nSPS) is 16.3. The first-order valence-corrected chi connectivity index (χ1v) is 7.20. The van der Waals surface area contributed by atoms with Crippen LogP contribution in [0.15, 0.2) is 23.8 Å². The van der Waals surface area contributed by atoms with Gasteiger partial charge in [-0.05, 0) is 38.5 Å². The molecule has 18 heavy (non-hydrogen) atoms. The van der Waals surface area contributed by atoms with Crippen LogP contribution in [0, 0.1) is 17.8 Å². The van der Waals surface area contributed by atoms with E-state index in [-0.39, 0.29) is 5.92 Å². The molecular formula is C17H30O. The van der Waals surface area contributed by atoms with Gasteiger partial charge >= 0.3 is 0 Å². The van der Waals surface area contributed by atoms with Gasteiger partial charge in [0.15, 0.2) is 0 Å². The van der Waals surface area contributed by atoms with Crippen molar-refractivity contribution in [3.63, 3.8) is 0 Å². The molecule has 0 rings (SSSR count). The van der Waals surface area contributed by atoms with Gasteiger partial charge in [0.05, 0.1) is 0 Å². The largest absolute Gasteiger partial charge is 0.299 e. The molecule has 0 aromatic rings. The van der Waals surface area contributed by atoms with E-state index in [1.54, 1.807) is 0 Å². The van der Waals surface area contributed by atoms with Crippen LogP contribution in [0.25, 0.3) is 0 Å². The Balaban J connectivity index is 4.13. The van der Waals surface area contributed by atoms with E-state index in [1.165, 1.54) is 12.0 Å². The van der Waals surface area contributed by atoms with Crippen molar-refractivity contribution < 1.29 is 4.79 Å². The molecule has 2 atom stereocenters. The van der Waals surface area contributed by atoms with Crippen molar-refractivity contribution in [1.29, 1.82) is 0 Å². The molecule has 0 spiro atoms. The smallest absolute Gasteiger partial charge is 0.139 e. The zero-order valence-electron chi connectivity index (χ0n) is 13.0. The standard InChI is InChI=1S/C17H30O/c1-7-8-14(4)12-16(6)17(18)10-9-15(5)11-13(2)3/h7-8,12-13,15-16H,9-11H2,1-6H3/b8-7+,14-12+. The third-order valence-electron chi connectivity index (χ3n) is 3.21. The van der Waals surface area contributed by atoms with Crippen molar-refractivity contribution in [3.8, 4) is 0 Å². The summed E-state index contributed by atoms with van der Waals surface area (Å²) in [6.45, 7) is 12.8. The van der Waals surface area contributed by atoms with Gasteiger partial charge in [-0.1, -0.05) is 51.5 Å². The highest BCUT2D eigenvalue weighted by Crippen LogP contribution is 2.18. The monoisotopic (exact) mass is 250 g/mol. The maximum absolute atomic E-state index is 12.0. The maximum atomic E-state index is 12.0. The Morgan fingerprint density at radius 1 is 1.17 bits per heavy atom. The number of carbonyl (C=O) groups excluding carboxylic acids is 1. The van der Waals surface area contributed by atoms with Gasteiger partial charge in [-0.25, -0.2) is 0 Å². The fraction of sp³-hybridized carbons (Fsp3) is 0.706. The van der Waals surface area contributed by atoms with E-state index in [0.29, 0.717) is 18.1 Å². The third-order valence-corrected chi connectivity index (χ3v) is 3.21. The van der Waals surface area contributed by atoms with Crippen molar-refractivity contribution in [2.75, 3.05) is 0 Å². The minimum atomic E-state index is 0.0486. The van der Waals surface area contributed by atoms with Crippen LogP contribution >= 0.6 is 0 Å². The molecule has 0 bridgehead atoms. The number of hydrogen-bond acceptors (Lipinski definition) is 1. The molecule has 1 nitrogen and oxygen atoms in total. The SMILES string of the molecule is C/C=C/C(C)=C/C(C)C(=O)CCC(C)CC(C)C. The predicted molar refractivity (Wildman–Crippen MR) is 80.6 cm³/mol. The molecule has 0 aliphatic rings. The highest BCUT2D eigenvalue weighted by Gasteiger charge is 2.13. The summed E-state index contributed by atoms with van der Waals surface area (Å²) in [6.07, 6.45) is 9.08. The van der Waals surface area contributed by atoms with Crippen LogP contribution in [0.5, 0.6) is 0 Å². The van der Waals surface area contributed by atoms with Crippen LogP contribution in [0.1, 0.15) is 60.8 Å². The van der Waals surface area contributed by atoms with E-state index in [1.807, 2.05) is 32.9 Å². The minimum absolute atomic E-state index is 0.0486. The van der Waals surface area contributed by atoms with Gasteiger partial charge in [-0.2, -0.15) is 0 Å². The predicted octanol–water partition coefficient (Wildman–Crippen LogP) is 5.18. The van der Waals surface area contributed by atoms with E-state index >= 15 is 0 Å². The van der Waals surface area contributed by atoms with E-state index in [9.17, 15) is 4.79 Å². The van der Waals surface area contributed by atoms with Gasteiger partial charge in [-0.15, -0.1) is 0 Å². The molecule has 2 unspecified atom stereocenters. The Morgan fingerprint density at radius 2 is 1.78 bits per heavy atom. The van der Waals surface area contributed by atoms with Gasteiger partial charge in [0.2, 0.25) is 0 Å². The van der Waals surface area contributed by atoms with Crippen LogP contribution in [-0.4, -0.2) is 5.78 Å². The highest BCUT2D eigenvalue weighted by molar-refractivity contribution is 5.82. The molecule has 0 amide bonds. The number of ketones is 1. The van der Waals surface area contributed by atoms with E-state index < -0.39 is 0 Å². The molecular weight excluding hydrogens is 220 g/mol. The van der Waals surface area contributed by atoms with Crippen LogP contribution in [0.2, 0.25) is 0 Å². The number of hydrogen-bond donors (Lipinski definition) is 0. The molecule has 104 valence electrons. The van der Waals surface area contributed by atoms with Crippen molar-refractivity contribution in [2.24, 2.45) is 17.8 Å². The van der Waals surface area contributed by atoms with Gasteiger partial charge in [0.1, 0.15) is 5.78 Å². The Labute approximate surface area is 113 Å².